The Morgan fingerprint density at radius 3 is 3.17 bits per heavy atom. The molecule has 2 rings (SSSR count). The van der Waals surface area contributed by atoms with Gasteiger partial charge < -0.3 is 4.98 Å². The van der Waals surface area contributed by atoms with Crippen LogP contribution in [-0.4, -0.2) is 21.2 Å². The highest BCUT2D eigenvalue weighted by Crippen LogP contribution is 2.13. The molecule has 0 radical (unpaired) electrons. The number of carbonyl (C=O) groups is 1. The van der Waals surface area contributed by atoms with Gasteiger partial charge in [0.1, 0.15) is 10.7 Å². The summed E-state index contributed by atoms with van der Waals surface area (Å²) in [6.45, 7) is 0. The molecule has 2 aromatic heterocycles. The van der Waals surface area contributed by atoms with Crippen molar-refractivity contribution in [3.8, 4) is 0 Å². The van der Waals surface area contributed by atoms with Crippen LogP contribution in [0.2, 0.25) is 5.15 Å². The van der Waals surface area contributed by atoms with E-state index in [1.807, 2.05) is 0 Å². The number of fused-ring (bicyclic) bond motifs is 1. The van der Waals surface area contributed by atoms with Crippen LogP contribution in [0, 0.1) is 0 Å². The van der Waals surface area contributed by atoms with Crippen LogP contribution in [-0.2, 0) is 0 Å². The number of H-pyrrole nitrogens is 1. The molecule has 0 spiro atoms. The number of carbonyl (C=O) groups excluding carboxylic acids is 1. The second-order valence-electron chi connectivity index (χ2n) is 2.25. The molecule has 60 valence electrons. The summed E-state index contributed by atoms with van der Waals surface area (Å²) in [5.41, 5.74) is 1.55. The van der Waals surface area contributed by atoms with Gasteiger partial charge in [0.25, 0.3) is 0 Å². The molecule has 0 atom stereocenters. The van der Waals surface area contributed by atoms with Gasteiger partial charge >= 0.3 is 0 Å². The molecule has 1 N–H and O–H groups in total. The topological polar surface area (TPSA) is 58.6 Å². The van der Waals surface area contributed by atoms with E-state index in [9.17, 15) is 4.79 Å². The lowest BCUT2D eigenvalue weighted by atomic mass is 10.3. The molecule has 0 saturated heterocycles. The van der Waals surface area contributed by atoms with Crippen molar-refractivity contribution in [3.05, 3.63) is 23.1 Å². The Morgan fingerprint density at radius 2 is 2.42 bits per heavy atom. The maximum atomic E-state index is 10.5. The molecule has 0 aliphatic carbocycles. The van der Waals surface area contributed by atoms with Crippen molar-refractivity contribution in [2.75, 3.05) is 0 Å². The van der Waals surface area contributed by atoms with Gasteiger partial charge in [-0.15, -0.1) is 0 Å². The number of hydrogen-bond donors (Lipinski definition) is 1. The first-order valence-electron chi connectivity index (χ1n) is 3.26. The van der Waals surface area contributed by atoms with Gasteiger partial charge in [-0.05, 0) is 0 Å². The van der Waals surface area contributed by atoms with Crippen LogP contribution in [0.1, 0.15) is 10.4 Å². The Balaban J connectivity index is 2.83. The predicted molar refractivity (Wildman–Crippen MR) is 44.3 cm³/mol. The molecule has 2 heterocycles. The minimum Gasteiger partial charge on any atom is -0.344 e. The summed E-state index contributed by atoms with van der Waals surface area (Å²) in [5.74, 6) is 0. The fourth-order valence-electron chi connectivity index (χ4n) is 0.979. The summed E-state index contributed by atoms with van der Waals surface area (Å²) in [6, 6.07) is 0. The van der Waals surface area contributed by atoms with Gasteiger partial charge in [0.05, 0.1) is 11.8 Å². The van der Waals surface area contributed by atoms with Crippen molar-refractivity contribution in [3.63, 3.8) is 0 Å². The first-order valence-corrected chi connectivity index (χ1v) is 3.64. The monoisotopic (exact) mass is 181 g/mol. The zero-order valence-electron chi connectivity index (χ0n) is 5.91. The molecule has 0 aliphatic heterocycles. The highest BCUT2D eigenvalue weighted by Gasteiger charge is 2.04. The van der Waals surface area contributed by atoms with E-state index >= 15 is 0 Å². The summed E-state index contributed by atoms with van der Waals surface area (Å²) in [5, 5.41) is 0.283. The van der Waals surface area contributed by atoms with E-state index in [0.29, 0.717) is 23.0 Å². The number of nitrogens with one attached hydrogen (secondary N) is 1. The minimum absolute atomic E-state index is 0.283. The summed E-state index contributed by atoms with van der Waals surface area (Å²) in [4.78, 5) is 21.2. The Bertz CT molecular complexity index is 437. The average Bonchev–Trinajstić information content (AvgIpc) is 2.46. The first kappa shape index (κ1) is 7.24. The summed E-state index contributed by atoms with van der Waals surface area (Å²) in [7, 11) is 0. The van der Waals surface area contributed by atoms with Crippen molar-refractivity contribution in [1.82, 2.24) is 15.0 Å². The standard InChI is InChI=1S/C7H4ClN3O/c8-5-2-10-7-6(11-5)4(3-12)1-9-7/h1-3H,(H,9,10). The number of halogens is 1. The Hall–Kier alpha value is -1.42. The number of rotatable bonds is 1. The second kappa shape index (κ2) is 2.57. The van der Waals surface area contributed by atoms with Crippen molar-refractivity contribution >= 4 is 29.1 Å². The second-order valence-corrected chi connectivity index (χ2v) is 2.64. The maximum absolute atomic E-state index is 10.5. The number of aromatic amines is 1. The highest BCUT2D eigenvalue weighted by molar-refractivity contribution is 6.29. The number of hydrogen-bond acceptors (Lipinski definition) is 3. The normalized spacial score (nSPS) is 10.4. The van der Waals surface area contributed by atoms with E-state index in [0.717, 1.165) is 0 Å². The molecule has 0 saturated carbocycles. The lowest BCUT2D eigenvalue weighted by Crippen LogP contribution is -1.83. The van der Waals surface area contributed by atoms with E-state index in [-0.39, 0.29) is 5.15 Å². The molecule has 0 bridgehead atoms. The van der Waals surface area contributed by atoms with E-state index in [1.54, 1.807) is 6.20 Å². The zero-order valence-corrected chi connectivity index (χ0v) is 6.67. The molecular formula is C7H4ClN3O. The molecule has 0 fully saturated rings. The van der Waals surface area contributed by atoms with E-state index in [1.165, 1.54) is 6.20 Å². The fourth-order valence-corrected chi connectivity index (χ4v) is 1.11. The SMILES string of the molecule is O=Cc1c[nH]c2ncc(Cl)nc12. The van der Waals surface area contributed by atoms with E-state index < -0.39 is 0 Å². The van der Waals surface area contributed by atoms with Crippen LogP contribution in [0.25, 0.3) is 11.2 Å². The van der Waals surface area contributed by atoms with E-state index in [2.05, 4.69) is 15.0 Å². The smallest absolute Gasteiger partial charge is 0.156 e. The van der Waals surface area contributed by atoms with Crippen molar-refractivity contribution in [2.24, 2.45) is 0 Å². The molecule has 2 aromatic rings. The third-order valence-corrected chi connectivity index (χ3v) is 1.69. The lowest BCUT2D eigenvalue weighted by molar-refractivity contribution is 0.112. The largest absolute Gasteiger partial charge is 0.344 e. The molecule has 12 heavy (non-hydrogen) atoms. The maximum Gasteiger partial charge on any atom is 0.156 e. The third kappa shape index (κ3) is 0.967. The lowest BCUT2D eigenvalue weighted by Gasteiger charge is -1.89. The summed E-state index contributed by atoms with van der Waals surface area (Å²) < 4.78 is 0. The number of nitrogens with zero attached hydrogens (tertiary/aromatic N) is 2. The Kier molecular flexibility index (Phi) is 1.55. The molecule has 5 heteroatoms. The van der Waals surface area contributed by atoms with Crippen molar-refractivity contribution in [2.45, 2.75) is 0 Å². The summed E-state index contributed by atoms with van der Waals surface area (Å²) in [6.07, 6.45) is 3.69. The number of aldehydes is 1. The van der Waals surface area contributed by atoms with Crippen molar-refractivity contribution in [1.29, 1.82) is 0 Å². The van der Waals surface area contributed by atoms with Gasteiger partial charge in [-0.25, -0.2) is 9.97 Å². The van der Waals surface area contributed by atoms with Crippen LogP contribution in [0.4, 0.5) is 0 Å². The third-order valence-electron chi connectivity index (χ3n) is 1.51. The highest BCUT2D eigenvalue weighted by atomic mass is 35.5. The molecule has 0 aliphatic rings. The van der Waals surface area contributed by atoms with Gasteiger partial charge in [0.15, 0.2) is 11.9 Å². The van der Waals surface area contributed by atoms with Crippen LogP contribution >= 0.6 is 11.6 Å². The van der Waals surface area contributed by atoms with Gasteiger partial charge in [0, 0.05) is 6.20 Å². The summed E-state index contributed by atoms with van der Waals surface area (Å²) >= 11 is 5.60. The molecular weight excluding hydrogens is 178 g/mol. The van der Waals surface area contributed by atoms with Crippen LogP contribution in [0.15, 0.2) is 12.4 Å². The first-order chi connectivity index (χ1) is 5.81. The average molecular weight is 182 g/mol. The minimum atomic E-state index is 0.283. The Morgan fingerprint density at radius 1 is 1.58 bits per heavy atom. The van der Waals surface area contributed by atoms with Crippen LogP contribution in [0.3, 0.4) is 0 Å². The van der Waals surface area contributed by atoms with E-state index in [4.69, 9.17) is 11.6 Å². The van der Waals surface area contributed by atoms with Gasteiger partial charge in [-0.2, -0.15) is 0 Å². The fraction of sp³-hybridized carbons (Fsp3) is 0. The van der Waals surface area contributed by atoms with Gasteiger partial charge in [-0.1, -0.05) is 11.6 Å². The molecule has 0 amide bonds. The zero-order chi connectivity index (χ0) is 8.55. The molecule has 4 nitrogen and oxygen atoms in total. The van der Waals surface area contributed by atoms with Crippen LogP contribution < -0.4 is 0 Å². The van der Waals surface area contributed by atoms with Gasteiger partial charge in [0.2, 0.25) is 0 Å². The Labute approximate surface area is 72.6 Å². The predicted octanol–water partition coefficient (Wildman–Crippen LogP) is 1.42. The quantitative estimate of drug-likeness (QED) is 0.677. The molecule has 0 unspecified atom stereocenters. The van der Waals surface area contributed by atoms with Crippen LogP contribution in [0.5, 0.6) is 0 Å². The van der Waals surface area contributed by atoms with Crippen molar-refractivity contribution < 1.29 is 4.79 Å². The number of aromatic nitrogens is 3. The molecule has 0 aromatic carbocycles. The van der Waals surface area contributed by atoms with Gasteiger partial charge in [-0.3, -0.25) is 4.79 Å².